The van der Waals surface area contributed by atoms with E-state index in [9.17, 15) is 9.59 Å². The van der Waals surface area contributed by atoms with Crippen molar-refractivity contribution in [1.82, 2.24) is 10.3 Å². The zero-order valence-corrected chi connectivity index (χ0v) is 9.72. The molecule has 0 radical (unpaired) electrons. The molecule has 1 rings (SSSR count). The maximum atomic E-state index is 11.3. The van der Waals surface area contributed by atoms with Gasteiger partial charge in [0.15, 0.2) is 0 Å². The SMILES string of the molecule is CCNC(=O)CCC(C(=O)O)c1ccncc1. The number of carbonyl (C=O) groups excluding carboxylic acids is 1. The summed E-state index contributed by atoms with van der Waals surface area (Å²) in [5.74, 6) is -1.69. The first-order valence-corrected chi connectivity index (χ1v) is 5.54. The number of rotatable bonds is 6. The van der Waals surface area contributed by atoms with Gasteiger partial charge < -0.3 is 10.4 Å². The lowest BCUT2D eigenvalue weighted by molar-refractivity contribution is -0.139. The van der Waals surface area contributed by atoms with Crippen molar-refractivity contribution in [3.05, 3.63) is 30.1 Å². The number of hydrogen-bond donors (Lipinski definition) is 2. The van der Waals surface area contributed by atoms with Gasteiger partial charge in [-0.3, -0.25) is 14.6 Å². The van der Waals surface area contributed by atoms with Gasteiger partial charge in [0.2, 0.25) is 5.91 Å². The van der Waals surface area contributed by atoms with Crippen LogP contribution in [0.4, 0.5) is 0 Å². The van der Waals surface area contributed by atoms with E-state index in [-0.39, 0.29) is 12.3 Å². The Hall–Kier alpha value is -1.91. The van der Waals surface area contributed by atoms with E-state index in [1.54, 1.807) is 24.5 Å². The molecule has 1 atom stereocenters. The summed E-state index contributed by atoms with van der Waals surface area (Å²) >= 11 is 0. The summed E-state index contributed by atoms with van der Waals surface area (Å²) < 4.78 is 0. The number of nitrogens with one attached hydrogen (secondary N) is 1. The van der Waals surface area contributed by atoms with Crippen LogP contribution in [0.2, 0.25) is 0 Å². The second-order valence-corrected chi connectivity index (χ2v) is 3.66. The third kappa shape index (κ3) is 4.22. The van der Waals surface area contributed by atoms with E-state index in [4.69, 9.17) is 5.11 Å². The number of pyridine rings is 1. The predicted molar refractivity (Wildman–Crippen MR) is 62.5 cm³/mol. The molecule has 5 heteroatoms. The summed E-state index contributed by atoms with van der Waals surface area (Å²) in [7, 11) is 0. The van der Waals surface area contributed by atoms with Crippen LogP contribution in [0.3, 0.4) is 0 Å². The lowest BCUT2D eigenvalue weighted by Gasteiger charge is -2.11. The Morgan fingerprint density at radius 1 is 1.41 bits per heavy atom. The highest BCUT2D eigenvalue weighted by molar-refractivity contribution is 5.79. The third-order valence-corrected chi connectivity index (χ3v) is 2.44. The smallest absolute Gasteiger partial charge is 0.310 e. The Bertz CT molecular complexity index is 379. The van der Waals surface area contributed by atoms with E-state index in [1.165, 1.54) is 0 Å². The van der Waals surface area contributed by atoms with Crippen LogP contribution < -0.4 is 5.32 Å². The van der Waals surface area contributed by atoms with Crippen molar-refractivity contribution >= 4 is 11.9 Å². The predicted octanol–water partition coefficient (Wildman–Crippen LogP) is 1.17. The summed E-state index contributed by atoms with van der Waals surface area (Å²) in [6.07, 6.45) is 3.62. The molecule has 0 bridgehead atoms. The minimum atomic E-state index is -0.916. The van der Waals surface area contributed by atoms with Crippen LogP contribution in [-0.4, -0.2) is 28.5 Å². The van der Waals surface area contributed by atoms with Gasteiger partial charge in [-0.25, -0.2) is 0 Å². The van der Waals surface area contributed by atoms with Crippen molar-refractivity contribution in [3.8, 4) is 0 Å². The molecule has 0 saturated heterocycles. The molecule has 1 amide bonds. The van der Waals surface area contributed by atoms with Crippen molar-refractivity contribution < 1.29 is 14.7 Å². The molecular weight excluding hydrogens is 220 g/mol. The lowest BCUT2D eigenvalue weighted by atomic mass is 9.95. The van der Waals surface area contributed by atoms with Gasteiger partial charge in [-0.15, -0.1) is 0 Å². The van der Waals surface area contributed by atoms with Crippen LogP contribution in [0.25, 0.3) is 0 Å². The van der Waals surface area contributed by atoms with Crippen molar-refractivity contribution in [2.45, 2.75) is 25.7 Å². The molecule has 1 aromatic rings. The molecule has 2 N–H and O–H groups in total. The number of nitrogens with zero attached hydrogens (tertiary/aromatic N) is 1. The Morgan fingerprint density at radius 3 is 2.59 bits per heavy atom. The van der Waals surface area contributed by atoms with Crippen LogP contribution in [0.5, 0.6) is 0 Å². The Labute approximate surface area is 99.9 Å². The second kappa shape index (κ2) is 6.62. The van der Waals surface area contributed by atoms with Gasteiger partial charge >= 0.3 is 5.97 Å². The molecule has 92 valence electrons. The van der Waals surface area contributed by atoms with Crippen LogP contribution in [0, 0.1) is 0 Å². The van der Waals surface area contributed by atoms with E-state index in [2.05, 4.69) is 10.3 Å². The molecule has 17 heavy (non-hydrogen) atoms. The number of hydrogen-bond acceptors (Lipinski definition) is 3. The standard InChI is InChI=1S/C12H16N2O3/c1-2-14-11(15)4-3-10(12(16)17)9-5-7-13-8-6-9/h5-8,10H,2-4H2,1H3,(H,14,15)(H,16,17). The number of amides is 1. The maximum absolute atomic E-state index is 11.3. The quantitative estimate of drug-likeness (QED) is 0.777. The molecule has 5 nitrogen and oxygen atoms in total. The fourth-order valence-corrected chi connectivity index (χ4v) is 1.59. The van der Waals surface area contributed by atoms with Gasteiger partial charge in [0, 0.05) is 25.4 Å². The van der Waals surface area contributed by atoms with Gasteiger partial charge in [0.05, 0.1) is 5.92 Å². The fraction of sp³-hybridized carbons (Fsp3) is 0.417. The van der Waals surface area contributed by atoms with E-state index in [0.717, 1.165) is 0 Å². The minimum absolute atomic E-state index is 0.118. The monoisotopic (exact) mass is 236 g/mol. The van der Waals surface area contributed by atoms with Crippen LogP contribution in [0.15, 0.2) is 24.5 Å². The second-order valence-electron chi connectivity index (χ2n) is 3.66. The molecule has 1 aromatic heterocycles. The van der Waals surface area contributed by atoms with Crippen molar-refractivity contribution in [2.75, 3.05) is 6.54 Å². The van der Waals surface area contributed by atoms with Gasteiger partial charge in [-0.1, -0.05) is 0 Å². The normalized spacial score (nSPS) is 11.8. The summed E-state index contributed by atoms with van der Waals surface area (Å²) in [5, 5.41) is 11.8. The minimum Gasteiger partial charge on any atom is -0.481 e. The van der Waals surface area contributed by atoms with Gasteiger partial charge in [0.25, 0.3) is 0 Å². The van der Waals surface area contributed by atoms with E-state index in [1.807, 2.05) is 6.92 Å². The maximum Gasteiger partial charge on any atom is 0.310 e. The first-order valence-electron chi connectivity index (χ1n) is 5.54. The highest BCUT2D eigenvalue weighted by atomic mass is 16.4. The molecule has 0 spiro atoms. The first kappa shape index (κ1) is 13.2. The van der Waals surface area contributed by atoms with E-state index in [0.29, 0.717) is 18.5 Å². The number of carboxylic acids is 1. The molecule has 1 heterocycles. The van der Waals surface area contributed by atoms with Crippen molar-refractivity contribution in [2.24, 2.45) is 0 Å². The first-order chi connectivity index (χ1) is 8.15. The average Bonchev–Trinajstić information content (AvgIpc) is 2.30. The molecule has 0 aromatic carbocycles. The fourth-order valence-electron chi connectivity index (χ4n) is 1.59. The molecule has 0 aliphatic heterocycles. The van der Waals surface area contributed by atoms with Gasteiger partial charge in [-0.05, 0) is 31.0 Å². The van der Waals surface area contributed by atoms with E-state index < -0.39 is 11.9 Å². The number of carbonyl (C=O) groups is 2. The summed E-state index contributed by atoms with van der Waals surface area (Å²) in [4.78, 5) is 26.2. The Balaban J connectivity index is 2.62. The summed E-state index contributed by atoms with van der Waals surface area (Å²) in [5.41, 5.74) is 0.678. The number of aliphatic carboxylic acids is 1. The van der Waals surface area contributed by atoms with Gasteiger partial charge in [-0.2, -0.15) is 0 Å². The molecule has 0 fully saturated rings. The van der Waals surface area contributed by atoms with Crippen LogP contribution >= 0.6 is 0 Å². The highest BCUT2D eigenvalue weighted by Crippen LogP contribution is 2.20. The molecule has 0 aliphatic rings. The van der Waals surface area contributed by atoms with E-state index >= 15 is 0 Å². The molecule has 0 aliphatic carbocycles. The zero-order chi connectivity index (χ0) is 12.7. The molecule has 1 unspecified atom stereocenters. The molecular formula is C12H16N2O3. The third-order valence-electron chi connectivity index (χ3n) is 2.44. The number of aromatic nitrogens is 1. The largest absolute Gasteiger partial charge is 0.481 e. The average molecular weight is 236 g/mol. The van der Waals surface area contributed by atoms with Gasteiger partial charge in [0.1, 0.15) is 0 Å². The van der Waals surface area contributed by atoms with Crippen LogP contribution in [0.1, 0.15) is 31.2 Å². The lowest BCUT2D eigenvalue weighted by Crippen LogP contribution is -2.24. The number of carboxylic acid groups (broad SMARTS) is 1. The van der Waals surface area contributed by atoms with Crippen molar-refractivity contribution in [3.63, 3.8) is 0 Å². The molecule has 0 saturated carbocycles. The summed E-state index contributed by atoms with van der Waals surface area (Å²) in [6, 6.07) is 3.33. The topological polar surface area (TPSA) is 79.3 Å². The zero-order valence-electron chi connectivity index (χ0n) is 9.72. The summed E-state index contributed by atoms with van der Waals surface area (Å²) in [6.45, 7) is 2.39. The highest BCUT2D eigenvalue weighted by Gasteiger charge is 2.20. The Kier molecular flexibility index (Phi) is 5.13. The van der Waals surface area contributed by atoms with Crippen LogP contribution in [-0.2, 0) is 9.59 Å². The van der Waals surface area contributed by atoms with Crippen molar-refractivity contribution in [1.29, 1.82) is 0 Å². The Morgan fingerprint density at radius 2 is 2.06 bits per heavy atom.